The zero-order valence-corrected chi connectivity index (χ0v) is 15.0. The van der Waals surface area contributed by atoms with E-state index in [0.29, 0.717) is 18.7 Å². The van der Waals surface area contributed by atoms with Crippen molar-refractivity contribution in [3.8, 4) is 0 Å². The minimum Gasteiger partial charge on any atom is -0.443 e. The number of fused-ring (bicyclic) bond motifs is 1. The number of carbonyl (C=O) groups excluding carboxylic acids is 2. The molecule has 1 aliphatic rings. The van der Waals surface area contributed by atoms with Crippen LogP contribution in [0, 0.1) is 6.92 Å². The second-order valence-corrected chi connectivity index (χ2v) is 7.13. The molecule has 134 valence electrons. The van der Waals surface area contributed by atoms with E-state index >= 15 is 0 Å². The summed E-state index contributed by atoms with van der Waals surface area (Å²) in [7, 11) is 0. The molecule has 3 aromatic rings. The van der Waals surface area contributed by atoms with Crippen LogP contribution in [0.1, 0.15) is 21.7 Å². The summed E-state index contributed by atoms with van der Waals surface area (Å²) < 4.78 is 7.02. The van der Waals surface area contributed by atoms with Crippen molar-refractivity contribution in [2.24, 2.45) is 5.73 Å². The number of benzene rings is 1. The molecule has 1 saturated heterocycles. The molecule has 0 spiro atoms. The third kappa shape index (κ3) is 3.03. The lowest BCUT2D eigenvalue weighted by Gasteiger charge is -2.37. The van der Waals surface area contributed by atoms with Crippen LogP contribution < -0.4 is 5.73 Å². The number of imidazole rings is 1. The number of nitrogens with two attached hydrogens (primary N) is 1. The molecule has 0 saturated carbocycles. The highest BCUT2D eigenvalue weighted by molar-refractivity contribution is 7.07. The van der Waals surface area contributed by atoms with Crippen LogP contribution >= 0.6 is 11.3 Å². The van der Waals surface area contributed by atoms with E-state index in [0.717, 1.165) is 23.4 Å². The molecule has 0 radical (unpaired) electrons. The van der Waals surface area contributed by atoms with Gasteiger partial charge >= 0.3 is 6.09 Å². The number of amides is 2. The number of hydrogen-bond donors (Lipinski definition) is 1. The Morgan fingerprint density at radius 1 is 1.35 bits per heavy atom. The van der Waals surface area contributed by atoms with E-state index in [1.165, 1.54) is 5.56 Å². The Morgan fingerprint density at radius 2 is 2.15 bits per heavy atom. The normalized spacial score (nSPS) is 14.4. The van der Waals surface area contributed by atoms with Crippen molar-refractivity contribution in [1.29, 1.82) is 0 Å². The van der Waals surface area contributed by atoms with Crippen LogP contribution in [-0.4, -0.2) is 45.6 Å². The van der Waals surface area contributed by atoms with Gasteiger partial charge in [-0.1, -0.05) is 0 Å². The topological polar surface area (TPSA) is 90.5 Å². The summed E-state index contributed by atoms with van der Waals surface area (Å²) in [6, 6.07) is 7.67. The lowest BCUT2D eigenvalue weighted by atomic mass is 10.1. The van der Waals surface area contributed by atoms with Crippen molar-refractivity contribution in [3.05, 3.63) is 52.0 Å². The third-order valence-corrected chi connectivity index (χ3v) is 5.26. The monoisotopic (exact) mass is 370 g/mol. The van der Waals surface area contributed by atoms with Crippen molar-refractivity contribution in [2.45, 2.75) is 19.6 Å². The number of likely N-dealkylation sites (tertiary alicyclic amines) is 1. The number of aryl methyl sites for hydroxylation is 1. The van der Waals surface area contributed by atoms with Crippen molar-refractivity contribution < 1.29 is 14.3 Å². The molecule has 0 atom stereocenters. The van der Waals surface area contributed by atoms with E-state index < -0.39 is 6.09 Å². The minimum atomic E-state index is -0.810. The molecule has 2 amide bonds. The summed E-state index contributed by atoms with van der Waals surface area (Å²) in [5.41, 5.74) is 8.61. The lowest BCUT2D eigenvalue weighted by Crippen LogP contribution is -2.55. The van der Waals surface area contributed by atoms with Crippen LogP contribution in [0.4, 0.5) is 4.79 Å². The summed E-state index contributed by atoms with van der Waals surface area (Å²) in [5, 5.41) is 4.18. The maximum Gasteiger partial charge on any atom is 0.404 e. The highest BCUT2D eigenvalue weighted by Gasteiger charge is 2.33. The summed E-state index contributed by atoms with van der Waals surface area (Å²) in [6.45, 7) is 3.46. The van der Waals surface area contributed by atoms with Gasteiger partial charge in [-0.3, -0.25) is 4.79 Å². The maximum absolute atomic E-state index is 12.6. The van der Waals surface area contributed by atoms with E-state index in [-0.39, 0.29) is 12.0 Å². The standard InChI is InChI=1S/C18H18N4O3S/c1-11-20-15-6-13(17(23)21-8-14(9-21)25-18(19)24)2-3-16(15)22(11)7-12-4-5-26-10-12/h2-6,10,14H,7-9H2,1H3,(H2,19,24). The van der Waals surface area contributed by atoms with Crippen molar-refractivity contribution in [2.75, 3.05) is 13.1 Å². The number of rotatable bonds is 4. The van der Waals surface area contributed by atoms with Crippen LogP contribution in [0.15, 0.2) is 35.0 Å². The van der Waals surface area contributed by atoms with Gasteiger partial charge < -0.3 is 19.9 Å². The quantitative estimate of drug-likeness (QED) is 0.763. The smallest absolute Gasteiger partial charge is 0.404 e. The second-order valence-electron chi connectivity index (χ2n) is 6.35. The van der Waals surface area contributed by atoms with Gasteiger partial charge in [0.15, 0.2) is 0 Å². The van der Waals surface area contributed by atoms with Gasteiger partial charge in [0.25, 0.3) is 5.91 Å². The fourth-order valence-electron chi connectivity index (χ4n) is 3.17. The summed E-state index contributed by atoms with van der Waals surface area (Å²) >= 11 is 1.67. The van der Waals surface area contributed by atoms with Gasteiger partial charge in [-0.05, 0) is 47.5 Å². The third-order valence-electron chi connectivity index (χ3n) is 4.52. The average Bonchev–Trinajstić information content (AvgIpc) is 3.18. The molecule has 3 heterocycles. The number of thiophene rings is 1. The van der Waals surface area contributed by atoms with E-state index in [1.54, 1.807) is 16.2 Å². The fraction of sp³-hybridized carbons (Fsp3) is 0.278. The van der Waals surface area contributed by atoms with Gasteiger partial charge in [0.05, 0.1) is 30.7 Å². The molecule has 26 heavy (non-hydrogen) atoms. The zero-order valence-electron chi connectivity index (χ0n) is 14.2. The first-order valence-electron chi connectivity index (χ1n) is 8.24. The van der Waals surface area contributed by atoms with Gasteiger partial charge in [-0.15, -0.1) is 0 Å². The first-order valence-corrected chi connectivity index (χ1v) is 9.19. The first-order chi connectivity index (χ1) is 12.5. The van der Waals surface area contributed by atoms with Crippen molar-refractivity contribution in [1.82, 2.24) is 14.5 Å². The number of hydrogen-bond acceptors (Lipinski definition) is 5. The Morgan fingerprint density at radius 3 is 2.85 bits per heavy atom. The zero-order chi connectivity index (χ0) is 18.3. The Hall–Kier alpha value is -2.87. The van der Waals surface area contributed by atoms with Crippen LogP contribution in [0.2, 0.25) is 0 Å². The largest absolute Gasteiger partial charge is 0.443 e. The molecule has 7 nitrogen and oxygen atoms in total. The van der Waals surface area contributed by atoms with Crippen LogP contribution in [0.25, 0.3) is 11.0 Å². The Kier molecular flexibility index (Phi) is 4.12. The van der Waals surface area contributed by atoms with Crippen LogP contribution in [-0.2, 0) is 11.3 Å². The number of aromatic nitrogens is 2. The summed E-state index contributed by atoms with van der Waals surface area (Å²) in [4.78, 5) is 29.5. The summed E-state index contributed by atoms with van der Waals surface area (Å²) in [6.07, 6.45) is -1.12. The fourth-order valence-corrected chi connectivity index (χ4v) is 3.83. The molecule has 4 rings (SSSR count). The number of nitrogens with zero attached hydrogens (tertiary/aromatic N) is 3. The highest BCUT2D eigenvalue weighted by Crippen LogP contribution is 2.22. The lowest BCUT2D eigenvalue weighted by molar-refractivity contribution is -0.00352. The predicted octanol–water partition coefficient (Wildman–Crippen LogP) is 2.37. The second kappa shape index (κ2) is 6.45. The maximum atomic E-state index is 12.6. The molecule has 1 fully saturated rings. The predicted molar refractivity (Wildman–Crippen MR) is 98.3 cm³/mol. The molecule has 8 heteroatoms. The number of carbonyl (C=O) groups is 2. The Bertz CT molecular complexity index is 974. The molecule has 0 bridgehead atoms. The van der Waals surface area contributed by atoms with E-state index in [9.17, 15) is 9.59 Å². The number of primary amides is 1. The van der Waals surface area contributed by atoms with Crippen LogP contribution in [0.5, 0.6) is 0 Å². The van der Waals surface area contributed by atoms with E-state index in [4.69, 9.17) is 10.5 Å². The molecule has 2 N–H and O–H groups in total. The summed E-state index contributed by atoms with van der Waals surface area (Å²) in [5.74, 6) is 0.816. The van der Waals surface area contributed by atoms with Gasteiger partial charge in [0.1, 0.15) is 11.9 Å². The highest BCUT2D eigenvalue weighted by atomic mass is 32.1. The van der Waals surface area contributed by atoms with Gasteiger partial charge in [-0.25, -0.2) is 9.78 Å². The first kappa shape index (κ1) is 16.6. The molecule has 2 aromatic heterocycles. The van der Waals surface area contributed by atoms with E-state index in [1.807, 2.05) is 25.1 Å². The molecule has 1 aliphatic heterocycles. The molecule has 1 aromatic carbocycles. The van der Waals surface area contributed by atoms with Gasteiger partial charge in [0, 0.05) is 5.56 Å². The Balaban J connectivity index is 1.53. The van der Waals surface area contributed by atoms with Crippen molar-refractivity contribution in [3.63, 3.8) is 0 Å². The molecular formula is C18H18N4O3S. The van der Waals surface area contributed by atoms with Gasteiger partial charge in [0.2, 0.25) is 0 Å². The minimum absolute atomic E-state index is 0.0961. The average molecular weight is 370 g/mol. The molecule has 0 unspecified atom stereocenters. The van der Waals surface area contributed by atoms with E-state index in [2.05, 4.69) is 26.4 Å². The van der Waals surface area contributed by atoms with Crippen LogP contribution in [0.3, 0.4) is 0 Å². The SMILES string of the molecule is Cc1nc2cc(C(=O)N3CC(OC(N)=O)C3)ccc2n1Cc1ccsc1. The van der Waals surface area contributed by atoms with Crippen molar-refractivity contribution >= 4 is 34.4 Å². The Labute approximate surface area is 154 Å². The van der Waals surface area contributed by atoms with Gasteiger partial charge in [-0.2, -0.15) is 11.3 Å². The molecule has 0 aliphatic carbocycles. The molecular weight excluding hydrogens is 352 g/mol. The number of ether oxygens (including phenoxy) is 1.